The number of piperidine rings is 1. The van der Waals surface area contributed by atoms with Crippen LogP contribution in [0.2, 0.25) is 0 Å². The second-order valence-corrected chi connectivity index (χ2v) is 6.50. The number of nitrogens with zero attached hydrogens (tertiary/aromatic N) is 7. The number of anilines is 1. The van der Waals surface area contributed by atoms with Crippen molar-refractivity contribution in [2.24, 2.45) is 0 Å². The summed E-state index contributed by atoms with van der Waals surface area (Å²) in [6, 6.07) is 4.05. The smallest absolute Gasteiger partial charge is 0.158 e. The fourth-order valence-electron chi connectivity index (χ4n) is 3.75. The molecule has 4 aromatic heterocycles. The normalized spacial score (nSPS) is 17.7. The van der Waals surface area contributed by atoms with Crippen molar-refractivity contribution in [3.63, 3.8) is 0 Å². The lowest BCUT2D eigenvalue weighted by Gasteiger charge is -2.33. The fraction of sp³-hybridized carbons (Fsp3) is 0.278. The zero-order valence-corrected chi connectivity index (χ0v) is 14.0. The first kappa shape index (κ1) is 14.8. The van der Waals surface area contributed by atoms with Crippen LogP contribution >= 0.6 is 0 Å². The number of hydrogen-bond acceptors (Lipinski definition) is 6. The molecule has 0 radical (unpaired) electrons. The molecule has 1 N–H and O–H groups in total. The van der Waals surface area contributed by atoms with E-state index in [9.17, 15) is 0 Å². The number of H-pyrrole nitrogens is 1. The average molecular weight is 344 g/mol. The molecule has 8 heteroatoms. The van der Waals surface area contributed by atoms with E-state index < -0.39 is 0 Å². The van der Waals surface area contributed by atoms with Gasteiger partial charge >= 0.3 is 0 Å². The van der Waals surface area contributed by atoms with Gasteiger partial charge in [0.1, 0.15) is 11.9 Å². The summed E-state index contributed by atoms with van der Waals surface area (Å²) in [4.78, 5) is 22.9. The summed E-state index contributed by atoms with van der Waals surface area (Å²) in [5.74, 6) is 1.16. The zero-order chi connectivity index (χ0) is 17.5. The summed E-state index contributed by atoms with van der Waals surface area (Å²) in [5.41, 5.74) is 4.31. The molecule has 0 unspecified atom stereocenters. The Kier molecular flexibility index (Phi) is 3.31. The molecule has 5 rings (SSSR count). The van der Waals surface area contributed by atoms with Gasteiger partial charge in [0.25, 0.3) is 0 Å². The fourth-order valence-corrected chi connectivity index (χ4v) is 3.75. The van der Waals surface area contributed by atoms with Crippen molar-refractivity contribution < 1.29 is 0 Å². The van der Waals surface area contributed by atoms with Crippen molar-refractivity contribution in [1.82, 2.24) is 29.3 Å². The number of hydrogen-bond donors (Lipinski definition) is 1. The molecule has 0 aliphatic carbocycles. The molecule has 8 nitrogen and oxygen atoms in total. The molecular formula is C18H16N8. The van der Waals surface area contributed by atoms with Gasteiger partial charge in [-0.1, -0.05) is 0 Å². The summed E-state index contributed by atoms with van der Waals surface area (Å²) < 4.78 is 2.19. The standard InChI is InChI=1S/C18H16N8/c19-6-13-7-22-16(9-21-13)25-5-1-2-12(11-25)15-8-23-17-10-24-18-14(26(15)17)3-4-20-18/h3-4,7-10,12,20H,1-2,5,11H2/t12-/m0/s1. The van der Waals surface area contributed by atoms with Gasteiger partial charge in [-0.25, -0.2) is 19.9 Å². The molecule has 1 aliphatic rings. The highest BCUT2D eigenvalue weighted by Crippen LogP contribution is 2.30. The van der Waals surface area contributed by atoms with Crippen LogP contribution in [0.15, 0.2) is 37.1 Å². The maximum atomic E-state index is 8.89. The molecule has 0 saturated carbocycles. The van der Waals surface area contributed by atoms with E-state index in [1.54, 1.807) is 12.4 Å². The average Bonchev–Trinajstić information content (AvgIpc) is 3.34. The van der Waals surface area contributed by atoms with E-state index in [1.807, 2.05) is 24.5 Å². The minimum atomic E-state index is 0.339. The highest BCUT2D eigenvalue weighted by molar-refractivity contribution is 5.74. The van der Waals surface area contributed by atoms with Gasteiger partial charge in [0, 0.05) is 37.1 Å². The van der Waals surface area contributed by atoms with Crippen LogP contribution < -0.4 is 4.90 Å². The largest absolute Gasteiger partial charge is 0.355 e. The number of fused-ring (bicyclic) bond motifs is 3. The number of aromatic amines is 1. The number of aromatic nitrogens is 6. The van der Waals surface area contributed by atoms with Crippen molar-refractivity contribution in [2.45, 2.75) is 18.8 Å². The second kappa shape index (κ2) is 5.81. The van der Waals surface area contributed by atoms with Crippen LogP contribution in [0.3, 0.4) is 0 Å². The topological polar surface area (TPSA) is 98.8 Å². The number of rotatable bonds is 2. The van der Waals surface area contributed by atoms with Crippen molar-refractivity contribution in [3.05, 3.63) is 48.4 Å². The van der Waals surface area contributed by atoms with Crippen LogP contribution in [0.5, 0.6) is 0 Å². The van der Waals surface area contributed by atoms with Crippen LogP contribution in [0, 0.1) is 11.3 Å². The Bertz CT molecular complexity index is 1120. The highest BCUT2D eigenvalue weighted by Gasteiger charge is 2.25. The summed E-state index contributed by atoms with van der Waals surface area (Å²) in [5, 5.41) is 8.89. The van der Waals surface area contributed by atoms with Gasteiger partial charge in [0.2, 0.25) is 0 Å². The molecule has 0 aromatic carbocycles. The van der Waals surface area contributed by atoms with Crippen LogP contribution in [0.25, 0.3) is 16.8 Å². The van der Waals surface area contributed by atoms with Crippen molar-refractivity contribution in [1.29, 1.82) is 5.26 Å². The molecule has 4 aromatic rings. The van der Waals surface area contributed by atoms with Crippen molar-refractivity contribution in [3.8, 4) is 6.07 Å². The summed E-state index contributed by atoms with van der Waals surface area (Å²) in [6.07, 6.45) is 11.0. The maximum absolute atomic E-state index is 8.89. The van der Waals surface area contributed by atoms with Gasteiger partial charge in [0.05, 0.1) is 24.1 Å². The Morgan fingerprint density at radius 3 is 2.92 bits per heavy atom. The first-order valence-corrected chi connectivity index (χ1v) is 8.60. The van der Waals surface area contributed by atoms with Crippen LogP contribution in [-0.4, -0.2) is 42.4 Å². The zero-order valence-electron chi connectivity index (χ0n) is 14.0. The first-order valence-electron chi connectivity index (χ1n) is 8.60. The Hall–Kier alpha value is -3.47. The van der Waals surface area contributed by atoms with Gasteiger partial charge in [-0.3, -0.25) is 4.40 Å². The van der Waals surface area contributed by atoms with Gasteiger partial charge in [-0.05, 0) is 18.9 Å². The lowest BCUT2D eigenvalue weighted by Crippen LogP contribution is -2.35. The van der Waals surface area contributed by atoms with E-state index in [4.69, 9.17) is 5.26 Å². The second-order valence-electron chi connectivity index (χ2n) is 6.50. The Labute approximate surface area is 149 Å². The van der Waals surface area contributed by atoms with Gasteiger partial charge in [-0.15, -0.1) is 0 Å². The van der Waals surface area contributed by atoms with E-state index in [-0.39, 0.29) is 0 Å². The summed E-state index contributed by atoms with van der Waals surface area (Å²) >= 11 is 0. The monoisotopic (exact) mass is 344 g/mol. The lowest BCUT2D eigenvalue weighted by molar-refractivity contribution is 0.497. The van der Waals surface area contributed by atoms with E-state index in [2.05, 4.69) is 34.2 Å². The molecule has 128 valence electrons. The molecule has 1 saturated heterocycles. The predicted molar refractivity (Wildman–Crippen MR) is 95.8 cm³/mol. The number of nitriles is 1. The summed E-state index contributed by atoms with van der Waals surface area (Å²) in [7, 11) is 0. The third-order valence-corrected chi connectivity index (χ3v) is 4.99. The Balaban J connectivity index is 1.51. The van der Waals surface area contributed by atoms with Crippen LogP contribution in [0.4, 0.5) is 5.82 Å². The minimum absolute atomic E-state index is 0.339. The van der Waals surface area contributed by atoms with E-state index in [1.165, 1.54) is 11.9 Å². The first-order chi connectivity index (χ1) is 12.8. The van der Waals surface area contributed by atoms with Crippen LogP contribution in [-0.2, 0) is 0 Å². The molecule has 5 heterocycles. The highest BCUT2D eigenvalue weighted by atomic mass is 15.2. The quantitative estimate of drug-likeness (QED) is 0.599. The predicted octanol–water partition coefficient (Wildman–Crippen LogP) is 2.26. The van der Waals surface area contributed by atoms with E-state index in [0.29, 0.717) is 11.6 Å². The molecule has 1 aliphatic heterocycles. The third kappa shape index (κ3) is 2.29. The summed E-state index contributed by atoms with van der Waals surface area (Å²) in [6.45, 7) is 1.79. The van der Waals surface area contributed by atoms with Crippen molar-refractivity contribution >= 4 is 22.6 Å². The maximum Gasteiger partial charge on any atom is 0.158 e. The van der Waals surface area contributed by atoms with E-state index >= 15 is 0 Å². The Morgan fingerprint density at radius 2 is 2.08 bits per heavy atom. The molecular weight excluding hydrogens is 328 g/mol. The van der Waals surface area contributed by atoms with Gasteiger partial charge in [0.15, 0.2) is 17.0 Å². The van der Waals surface area contributed by atoms with Gasteiger partial charge in [-0.2, -0.15) is 5.26 Å². The molecule has 0 amide bonds. The SMILES string of the molecule is N#Cc1cnc(N2CCC[C@H](c3cnc4cnc5[nH]ccc5n34)C2)cn1. The van der Waals surface area contributed by atoms with Crippen LogP contribution in [0.1, 0.15) is 30.1 Å². The molecule has 26 heavy (non-hydrogen) atoms. The van der Waals surface area contributed by atoms with Crippen molar-refractivity contribution in [2.75, 3.05) is 18.0 Å². The minimum Gasteiger partial charge on any atom is -0.355 e. The van der Waals surface area contributed by atoms with E-state index in [0.717, 1.165) is 48.6 Å². The lowest BCUT2D eigenvalue weighted by atomic mass is 9.95. The molecule has 1 fully saturated rings. The third-order valence-electron chi connectivity index (χ3n) is 4.99. The molecule has 0 bridgehead atoms. The molecule has 1 atom stereocenters. The molecule has 0 spiro atoms. The van der Waals surface area contributed by atoms with Gasteiger partial charge < -0.3 is 9.88 Å². The number of nitrogens with one attached hydrogen (secondary N) is 1. The number of imidazole rings is 1. The Morgan fingerprint density at radius 1 is 1.12 bits per heavy atom.